The third kappa shape index (κ3) is 3.92. The van der Waals surface area contributed by atoms with Crippen molar-refractivity contribution in [3.63, 3.8) is 0 Å². The lowest BCUT2D eigenvalue weighted by Crippen LogP contribution is -2.22. The molecule has 0 heterocycles. The lowest BCUT2D eigenvalue weighted by molar-refractivity contribution is 0.0978. The molecule has 2 N–H and O–H groups in total. The molecule has 160 valence electrons. The van der Waals surface area contributed by atoms with Gasteiger partial charge in [0, 0.05) is 44.9 Å². The minimum absolute atomic E-state index is 0.205. The molecule has 1 aliphatic rings. The van der Waals surface area contributed by atoms with Gasteiger partial charge >= 0.3 is 0 Å². The van der Waals surface area contributed by atoms with Crippen LogP contribution in [0.2, 0.25) is 0 Å². The highest BCUT2D eigenvalue weighted by molar-refractivity contribution is 6.28. The van der Waals surface area contributed by atoms with Crippen LogP contribution in [0.1, 0.15) is 47.8 Å². The molecule has 0 atom stereocenters. The number of carbonyl (C=O) groups is 3. The quantitative estimate of drug-likeness (QED) is 0.378. The average molecular weight is 432 g/mol. The van der Waals surface area contributed by atoms with Crippen molar-refractivity contribution in [3.05, 3.63) is 124 Å². The van der Waals surface area contributed by atoms with Gasteiger partial charge in [0.15, 0.2) is 11.6 Å². The van der Waals surface area contributed by atoms with Crippen LogP contribution >= 0.6 is 0 Å². The number of hydrogen-bond acceptors (Lipinski definition) is 4. The number of aryl methyl sites for hydroxylation is 1. The van der Waals surface area contributed by atoms with Crippen molar-refractivity contribution in [2.24, 2.45) is 0 Å². The molecule has 0 saturated carbocycles. The Balaban J connectivity index is 1.33. The Labute approximate surface area is 191 Å². The van der Waals surface area contributed by atoms with Gasteiger partial charge in [-0.05, 0) is 61.5 Å². The Morgan fingerprint density at radius 3 is 1.76 bits per heavy atom. The Morgan fingerprint density at radius 1 is 0.606 bits per heavy atom. The fourth-order valence-corrected chi connectivity index (χ4v) is 3.88. The van der Waals surface area contributed by atoms with Crippen molar-refractivity contribution in [1.82, 2.24) is 0 Å². The van der Waals surface area contributed by atoms with Crippen LogP contribution in [0.4, 0.5) is 17.1 Å². The van der Waals surface area contributed by atoms with Crippen molar-refractivity contribution in [2.45, 2.75) is 6.92 Å². The zero-order valence-corrected chi connectivity index (χ0v) is 17.9. The molecule has 0 aromatic heterocycles. The Hall–Kier alpha value is -4.51. The largest absolute Gasteiger partial charge is 0.356 e. The molecule has 1 aliphatic carbocycles. The summed E-state index contributed by atoms with van der Waals surface area (Å²) in [6, 6.07) is 26.8. The summed E-state index contributed by atoms with van der Waals surface area (Å²) in [4.78, 5) is 38.5. The topological polar surface area (TPSA) is 75.3 Å². The third-order valence-corrected chi connectivity index (χ3v) is 5.67. The highest BCUT2D eigenvalue weighted by Gasteiger charge is 2.29. The number of ketones is 2. The number of rotatable bonds is 4. The highest BCUT2D eigenvalue weighted by Crippen LogP contribution is 2.28. The molecule has 0 aliphatic heterocycles. The molecule has 0 radical (unpaired) electrons. The SMILES string of the molecule is Cc1ccc(Nc2ccc(NC(=O)c3ccc4c(c3)C(=O)c3ccccc3C4=O)cc2)cc1. The van der Waals surface area contributed by atoms with Gasteiger partial charge in [-0.3, -0.25) is 14.4 Å². The van der Waals surface area contributed by atoms with Gasteiger partial charge in [-0.15, -0.1) is 0 Å². The molecule has 4 aromatic rings. The summed E-state index contributed by atoms with van der Waals surface area (Å²) < 4.78 is 0. The van der Waals surface area contributed by atoms with Gasteiger partial charge in [0.1, 0.15) is 0 Å². The summed E-state index contributed by atoms with van der Waals surface area (Å²) in [5.41, 5.74) is 5.34. The van der Waals surface area contributed by atoms with Crippen LogP contribution < -0.4 is 10.6 Å². The molecule has 5 rings (SSSR count). The molecule has 0 saturated heterocycles. The third-order valence-electron chi connectivity index (χ3n) is 5.67. The van der Waals surface area contributed by atoms with E-state index < -0.39 is 0 Å². The van der Waals surface area contributed by atoms with E-state index in [1.165, 1.54) is 11.6 Å². The molecular weight excluding hydrogens is 412 g/mol. The van der Waals surface area contributed by atoms with Crippen molar-refractivity contribution in [3.8, 4) is 0 Å². The van der Waals surface area contributed by atoms with Crippen LogP contribution in [0.25, 0.3) is 0 Å². The first-order chi connectivity index (χ1) is 16.0. The number of fused-ring (bicyclic) bond motifs is 2. The van der Waals surface area contributed by atoms with Crippen molar-refractivity contribution in [2.75, 3.05) is 10.6 Å². The lowest BCUT2D eigenvalue weighted by Gasteiger charge is -2.18. The fraction of sp³-hybridized carbons (Fsp3) is 0.0357. The lowest BCUT2D eigenvalue weighted by atomic mass is 9.83. The maximum Gasteiger partial charge on any atom is 0.255 e. The number of amides is 1. The van der Waals surface area contributed by atoms with E-state index in [4.69, 9.17) is 0 Å². The number of carbonyl (C=O) groups excluding carboxylic acids is 3. The van der Waals surface area contributed by atoms with Gasteiger partial charge < -0.3 is 10.6 Å². The summed E-state index contributed by atoms with van der Waals surface area (Å²) in [6.45, 7) is 2.04. The molecule has 0 spiro atoms. The standard InChI is InChI=1S/C28H20N2O3/c1-17-6-9-19(10-7-17)29-20-11-13-21(14-12-20)30-28(33)18-8-15-24-25(16-18)27(32)23-5-3-2-4-22(23)26(24)31/h2-16,29H,1H3,(H,30,33). The number of nitrogens with one attached hydrogen (secondary N) is 2. The summed E-state index contributed by atoms with van der Waals surface area (Å²) in [5.74, 6) is -0.804. The van der Waals surface area contributed by atoms with Gasteiger partial charge in [0.05, 0.1) is 0 Å². The Bertz CT molecular complexity index is 1400. The minimum atomic E-state index is -0.351. The van der Waals surface area contributed by atoms with Crippen LogP contribution in [-0.4, -0.2) is 17.5 Å². The molecule has 5 heteroatoms. The van der Waals surface area contributed by atoms with E-state index >= 15 is 0 Å². The van der Waals surface area contributed by atoms with Gasteiger partial charge in [-0.25, -0.2) is 0 Å². The Morgan fingerprint density at radius 2 is 1.12 bits per heavy atom. The van der Waals surface area contributed by atoms with Gasteiger partial charge in [-0.2, -0.15) is 0 Å². The highest BCUT2D eigenvalue weighted by atomic mass is 16.2. The molecule has 0 fully saturated rings. The second kappa shape index (κ2) is 8.20. The maximum atomic E-state index is 12.9. The maximum absolute atomic E-state index is 12.9. The van der Waals surface area contributed by atoms with E-state index in [2.05, 4.69) is 10.6 Å². The molecule has 0 bridgehead atoms. The van der Waals surface area contributed by atoms with Gasteiger partial charge in [0.2, 0.25) is 0 Å². The van der Waals surface area contributed by atoms with Crippen LogP contribution in [0.15, 0.2) is 91.0 Å². The molecule has 5 nitrogen and oxygen atoms in total. The number of anilines is 3. The van der Waals surface area contributed by atoms with Crippen LogP contribution in [0.5, 0.6) is 0 Å². The van der Waals surface area contributed by atoms with E-state index in [-0.39, 0.29) is 23.0 Å². The van der Waals surface area contributed by atoms with E-state index in [0.29, 0.717) is 27.9 Å². The van der Waals surface area contributed by atoms with E-state index in [1.807, 2.05) is 43.3 Å². The van der Waals surface area contributed by atoms with Crippen molar-refractivity contribution >= 4 is 34.5 Å². The molecule has 0 unspecified atom stereocenters. The van der Waals surface area contributed by atoms with Gasteiger partial charge in [-0.1, -0.05) is 42.0 Å². The first-order valence-electron chi connectivity index (χ1n) is 10.6. The number of hydrogen-bond donors (Lipinski definition) is 2. The van der Waals surface area contributed by atoms with E-state index in [0.717, 1.165) is 11.4 Å². The van der Waals surface area contributed by atoms with Crippen LogP contribution in [-0.2, 0) is 0 Å². The molecule has 1 amide bonds. The zero-order valence-electron chi connectivity index (χ0n) is 17.9. The summed E-state index contributed by atoms with van der Waals surface area (Å²) >= 11 is 0. The van der Waals surface area contributed by atoms with Crippen LogP contribution in [0, 0.1) is 6.92 Å². The predicted molar refractivity (Wildman–Crippen MR) is 129 cm³/mol. The fourth-order valence-electron chi connectivity index (χ4n) is 3.88. The molecule has 4 aromatic carbocycles. The normalized spacial score (nSPS) is 12.0. The summed E-state index contributed by atoms with van der Waals surface area (Å²) in [6.07, 6.45) is 0. The predicted octanol–water partition coefficient (Wildman–Crippen LogP) is 5.77. The first-order valence-corrected chi connectivity index (χ1v) is 10.6. The minimum Gasteiger partial charge on any atom is -0.356 e. The monoisotopic (exact) mass is 432 g/mol. The zero-order chi connectivity index (χ0) is 22.9. The average Bonchev–Trinajstić information content (AvgIpc) is 2.85. The second-order valence-corrected chi connectivity index (χ2v) is 7.99. The molecule has 33 heavy (non-hydrogen) atoms. The van der Waals surface area contributed by atoms with Crippen molar-refractivity contribution in [1.29, 1.82) is 0 Å². The first kappa shape index (κ1) is 20.4. The molecular formula is C28H20N2O3. The second-order valence-electron chi connectivity index (χ2n) is 7.99. The Kier molecular flexibility index (Phi) is 5.07. The van der Waals surface area contributed by atoms with Crippen molar-refractivity contribution < 1.29 is 14.4 Å². The van der Waals surface area contributed by atoms with Crippen LogP contribution in [0.3, 0.4) is 0 Å². The number of benzene rings is 4. The smallest absolute Gasteiger partial charge is 0.255 e. The van der Waals surface area contributed by atoms with E-state index in [9.17, 15) is 14.4 Å². The summed E-state index contributed by atoms with van der Waals surface area (Å²) in [5, 5.41) is 6.16. The van der Waals surface area contributed by atoms with E-state index in [1.54, 1.807) is 48.5 Å². The summed E-state index contributed by atoms with van der Waals surface area (Å²) in [7, 11) is 0. The van der Waals surface area contributed by atoms with Gasteiger partial charge in [0.25, 0.3) is 5.91 Å².